The quantitative estimate of drug-likeness (QED) is 0.655. The van der Waals surface area contributed by atoms with Crippen molar-refractivity contribution in [2.75, 3.05) is 6.54 Å². The van der Waals surface area contributed by atoms with Gasteiger partial charge in [-0.15, -0.1) is 0 Å². The number of benzene rings is 2. The first-order chi connectivity index (χ1) is 11.6. The second kappa shape index (κ2) is 6.10. The van der Waals surface area contributed by atoms with E-state index in [1.807, 2.05) is 29.2 Å². The average Bonchev–Trinajstić information content (AvgIpc) is 2.88. The van der Waals surface area contributed by atoms with E-state index in [9.17, 15) is 4.79 Å². The lowest BCUT2D eigenvalue weighted by molar-refractivity contribution is -0.131. The molecule has 2 aromatic carbocycles. The van der Waals surface area contributed by atoms with E-state index >= 15 is 0 Å². The highest BCUT2D eigenvalue weighted by Crippen LogP contribution is 2.30. The molecule has 24 heavy (non-hydrogen) atoms. The van der Waals surface area contributed by atoms with Crippen LogP contribution in [0.5, 0.6) is 0 Å². The third-order valence-electron chi connectivity index (χ3n) is 4.91. The highest BCUT2D eigenvalue weighted by atomic mass is 79.9. The van der Waals surface area contributed by atoms with Crippen LogP contribution >= 0.6 is 15.9 Å². The van der Waals surface area contributed by atoms with Gasteiger partial charge in [-0.1, -0.05) is 46.3 Å². The topological polar surface area (TPSA) is 25.2 Å². The summed E-state index contributed by atoms with van der Waals surface area (Å²) in [6.45, 7) is 1.50. The van der Waals surface area contributed by atoms with Gasteiger partial charge >= 0.3 is 0 Å². The first kappa shape index (κ1) is 15.5. The van der Waals surface area contributed by atoms with E-state index in [0.29, 0.717) is 13.0 Å². The maximum atomic E-state index is 12.7. The molecule has 0 atom stereocenters. The summed E-state index contributed by atoms with van der Waals surface area (Å²) in [5.74, 6) is 0.198. The fourth-order valence-corrected chi connectivity index (χ4v) is 4.10. The summed E-state index contributed by atoms with van der Waals surface area (Å²) in [5, 5.41) is 1.33. The van der Waals surface area contributed by atoms with Crippen molar-refractivity contribution in [3.63, 3.8) is 0 Å². The van der Waals surface area contributed by atoms with Gasteiger partial charge in [-0.05, 0) is 35.7 Å². The zero-order chi connectivity index (χ0) is 16.7. The largest absolute Gasteiger partial charge is 0.346 e. The molecule has 0 fully saturated rings. The minimum absolute atomic E-state index is 0.198. The normalized spacial score (nSPS) is 14.0. The molecule has 0 saturated heterocycles. The van der Waals surface area contributed by atoms with Crippen LogP contribution in [-0.4, -0.2) is 21.9 Å². The average molecular weight is 383 g/mol. The molecule has 0 spiro atoms. The van der Waals surface area contributed by atoms with E-state index in [2.05, 4.69) is 51.8 Å². The third kappa shape index (κ3) is 2.65. The number of halogens is 1. The number of hydrogen-bond donors (Lipinski definition) is 0. The SMILES string of the molecule is Cn1c2c(c3ccccc31)CCN(C(=O)Cc1cccc(Br)c1)C2. The molecule has 0 radical (unpaired) electrons. The van der Waals surface area contributed by atoms with Crippen molar-refractivity contribution in [1.82, 2.24) is 9.47 Å². The number of carbonyl (C=O) groups is 1. The summed E-state index contributed by atoms with van der Waals surface area (Å²) in [4.78, 5) is 14.7. The van der Waals surface area contributed by atoms with Crippen LogP contribution < -0.4 is 0 Å². The summed E-state index contributed by atoms with van der Waals surface area (Å²) in [6, 6.07) is 16.5. The molecule has 2 heterocycles. The number of aromatic nitrogens is 1. The van der Waals surface area contributed by atoms with Gasteiger partial charge in [0.1, 0.15) is 0 Å². The lowest BCUT2D eigenvalue weighted by Gasteiger charge is -2.28. The molecule has 4 rings (SSSR count). The molecule has 122 valence electrons. The van der Waals surface area contributed by atoms with Gasteiger partial charge in [0.2, 0.25) is 5.91 Å². The van der Waals surface area contributed by atoms with Gasteiger partial charge in [0.25, 0.3) is 0 Å². The van der Waals surface area contributed by atoms with Gasteiger partial charge in [-0.3, -0.25) is 4.79 Å². The van der Waals surface area contributed by atoms with Crippen molar-refractivity contribution < 1.29 is 4.79 Å². The van der Waals surface area contributed by atoms with Gasteiger partial charge in [-0.25, -0.2) is 0 Å². The van der Waals surface area contributed by atoms with Crippen LogP contribution in [0.1, 0.15) is 16.8 Å². The number of para-hydroxylation sites is 1. The number of nitrogens with zero attached hydrogens (tertiary/aromatic N) is 2. The highest BCUT2D eigenvalue weighted by molar-refractivity contribution is 9.10. The Labute approximate surface area is 150 Å². The maximum Gasteiger partial charge on any atom is 0.227 e. The predicted octanol–water partition coefficient (Wildman–Crippen LogP) is 4.07. The second-order valence-corrected chi connectivity index (χ2v) is 7.29. The molecule has 3 nitrogen and oxygen atoms in total. The van der Waals surface area contributed by atoms with Crippen molar-refractivity contribution in [3.05, 3.63) is 69.8 Å². The first-order valence-electron chi connectivity index (χ1n) is 8.21. The van der Waals surface area contributed by atoms with Gasteiger partial charge < -0.3 is 9.47 Å². The molecule has 3 aromatic rings. The second-order valence-electron chi connectivity index (χ2n) is 6.37. The van der Waals surface area contributed by atoms with Crippen molar-refractivity contribution in [1.29, 1.82) is 0 Å². The Kier molecular flexibility index (Phi) is 3.93. The molecule has 0 N–H and O–H groups in total. The molecule has 0 unspecified atom stereocenters. The molecular weight excluding hydrogens is 364 g/mol. The summed E-state index contributed by atoms with van der Waals surface area (Å²) in [6.07, 6.45) is 1.39. The number of rotatable bonds is 2. The van der Waals surface area contributed by atoms with Crippen molar-refractivity contribution >= 4 is 32.7 Å². The Bertz CT molecular complexity index is 929. The van der Waals surface area contributed by atoms with Crippen LogP contribution in [0.15, 0.2) is 53.0 Å². The molecule has 0 saturated carbocycles. The Hall–Kier alpha value is -2.07. The van der Waals surface area contributed by atoms with Crippen LogP contribution in [0, 0.1) is 0 Å². The van der Waals surface area contributed by atoms with Crippen molar-refractivity contribution in [2.45, 2.75) is 19.4 Å². The van der Waals surface area contributed by atoms with Crippen LogP contribution in [0.2, 0.25) is 0 Å². The van der Waals surface area contributed by atoms with E-state index in [-0.39, 0.29) is 5.91 Å². The molecule has 4 heteroatoms. The van der Waals surface area contributed by atoms with Crippen molar-refractivity contribution in [3.8, 4) is 0 Å². The van der Waals surface area contributed by atoms with Crippen LogP contribution in [-0.2, 0) is 31.2 Å². The van der Waals surface area contributed by atoms with E-state index in [4.69, 9.17) is 0 Å². The minimum Gasteiger partial charge on any atom is -0.346 e. The number of carbonyl (C=O) groups excluding carboxylic acids is 1. The highest BCUT2D eigenvalue weighted by Gasteiger charge is 2.25. The molecule has 1 aromatic heterocycles. The first-order valence-corrected chi connectivity index (χ1v) is 9.00. The fraction of sp³-hybridized carbons (Fsp3) is 0.250. The van der Waals surface area contributed by atoms with Gasteiger partial charge in [0, 0.05) is 34.7 Å². The Morgan fingerprint density at radius 1 is 1.17 bits per heavy atom. The standard InChI is InChI=1S/C20H19BrN2O/c1-22-18-8-3-2-7-16(18)17-9-10-23(13-19(17)22)20(24)12-14-5-4-6-15(21)11-14/h2-8,11H,9-10,12-13H2,1H3. The number of amides is 1. The summed E-state index contributed by atoms with van der Waals surface area (Å²) >= 11 is 3.47. The van der Waals surface area contributed by atoms with Gasteiger partial charge in [-0.2, -0.15) is 0 Å². The fourth-order valence-electron chi connectivity index (χ4n) is 3.66. The molecule has 0 aliphatic carbocycles. The monoisotopic (exact) mass is 382 g/mol. The lowest BCUT2D eigenvalue weighted by Crippen LogP contribution is -2.37. The molecule has 1 amide bonds. The Balaban J connectivity index is 1.59. The summed E-state index contributed by atoms with van der Waals surface area (Å²) in [5.41, 5.74) is 4.98. The molecular formula is C20H19BrN2O. The van der Waals surface area contributed by atoms with E-state index < -0.39 is 0 Å². The molecule has 1 aliphatic heterocycles. The Morgan fingerprint density at radius 2 is 2.00 bits per heavy atom. The van der Waals surface area contributed by atoms with E-state index in [1.165, 1.54) is 22.2 Å². The predicted molar refractivity (Wildman–Crippen MR) is 99.9 cm³/mol. The molecule has 1 aliphatic rings. The lowest BCUT2D eigenvalue weighted by atomic mass is 10.0. The number of fused-ring (bicyclic) bond motifs is 3. The smallest absolute Gasteiger partial charge is 0.227 e. The van der Waals surface area contributed by atoms with Crippen molar-refractivity contribution in [2.24, 2.45) is 7.05 Å². The van der Waals surface area contributed by atoms with Crippen LogP contribution in [0.4, 0.5) is 0 Å². The number of aryl methyl sites for hydroxylation is 1. The molecule has 0 bridgehead atoms. The minimum atomic E-state index is 0.198. The van der Waals surface area contributed by atoms with E-state index in [1.54, 1.807) is 0 Å². The van der Waals surface area contributed by atoms with Gasteiger partial charge in [0.05, 0.1) is 13.0 Å². The van der Waals surface area contributed by atoms with Crippen LogP contribution in [0.25, 0.3) is 10.9 Å². The Morgan fingerprint density at radius 3 is 2.83 bits per heavy atom. The third-order valence-corrected chi connectivity index (χ3v) is 5.41. The zero-order valence-corrected chi connectivity index (χ0v) is 15.2. The van der Waals surface area contributed by atoms with Crippen LogP contribution in [0.3, 0.4) is 0 Å². The number of hydrogen-bond acceptors (Lipinski definition) is 1. The summed E-state index contributed by atoms with van der Waals surface area (Å²) < 4.78 is 3.26. The maximum absolute atomic E-state index is 12.7. The summed E-state index contributed by atoms with van der Waals surface area (Å²) in [7, 11) is 2.10. The zero-order valence-electron chi connectivity index (χ0n) is 13.6. The van der Waals surface area contributed by atoms with E-state index in [0.717, 1.165) is 23.0 Å². The van der Waals surface area contributed by atoms with Gasteiger partial charge in [0.15, 0.2) is 0 Å².